The zero-order valence-electron chi connectivity index (χ0n) is 16.9. The number of likely N-dealkylation sites (tertiary alicyclic amines) is 1. The van der Waals surface area contributed by atoms with Crippen LogP contribution < -0.4 is 9.47 Å². The molecule has 152 valence electrons. The van der Waals surface area contributed by atoms with Gasteiger partial charge in [-0.15, -0.1) is 0 Å². The third-order valence-corrected chi connectivity index (χ3v) is 5.35. The molecule has 7 nitrogen and oxygen atoms in total. The number of nitrogens with zero attached hydrogens (tertiary/aromatic N) is 2. The maximum atomic E-state index is 12.9. The Bertz CT molecular complexity index is 1010. The van der Waals surface area contributed by atoms with E-state index in [0.717, 1.165) is 43.2 Å². The maximum absolute atomic E-state index is 12.9. The molecule has 29 heavy (non-hydrogen) atoms. The summed E-state index contributed by atoms with van der Waals surface area (Å²) in [5, 5.41) is 7.09. The van der Waals surface area contributed by atoms with E-state index < -0.39 is 0 Å². The number of aromatic nitrogens is 2. The van der Waals surface area contributed by atoms with Gasteiger partial charge in [0.15, 0.2) is 23.0 Å². The van der Waals surface area contributed by atoms with Crippen molar-refractivity contribution in [2.45, 2.75) is 19.8 Å². The van der Waals surface area contributed by atoms with Gasteiger partial charge in [0.05, 0.1) is 14.2 Å². The van der Waals surface area contributed by atoms with Gasteiger partial charge in [-0.1, -0.05) is 6.07 Å². The summed E-state index contributed by atoms with van der Waals surface area (Å²) in [6.07, 6.45) is 1.86. The number of furan rings is 1. The molecule has 1 aliphatic rings. The number of amides is 1. The van der Waals surface area contributed by atoms with Crippen molar-refractivity contribution in [1.29, 1.82) is 0 Å². The van der Waals surface area contributed by atoms with Crippen molar-refractivity contribution >= 4 is 5.91 Å². The van der Waals surface area contributed by atoms with Crippen LogP contribution in [0.25, 0.3) is 11.5 Å². The Balaban J connectivity index is 1.39. The van der Waals surface area contributed by atoms with Crippen molar-refractivity contribution < 1.29 is 18.7 Å². The van der Waals surface area contributed by atoms with Crippen molar-refractivity contribution in [2.24, 2.45) is 5.92 Å². The topological polar surface area (TPSA) is 80.6 Å². The van der Waals surface area contributed by atoms with Crippen LogP contribution in [0.5, 0.6) is 11.5 Å². The number of carbonyl (C=O) groups excluding carboxylic acids is 1. The molecule has 0 bridgehead atoms. The molecule has 1 N–H and O–H groups in total. The van der Waals surface area contributed by atoms with Gasteiger partial charge in [-0.2, -0.15) is 5.10 Å². The highest BCUT2D eigenvalue weighted by molar-refractivity contribution is 5.93. The molecule has 4 rings (SSSR count). The Hall–Kier alpha value is -3.22. The quantitative estimate of drug-likeness (QED) is 0.688. The minimum Gasteiger partial charge on any atom is -0.493 e. The van der Waals surface area contributed by atoms with E-state index >= 15 is 0 Å². The van der Waals surface area contributed by atoms with E-state index in [2.05, 4.69) is 16.3 Å². The van der Waals surface area contributed by atoms with Gasteiger partial charge < -0.3 is 18.8 Å². The maximum Gasteiger partial charge on any atom is 0.274 e. The average Bonchev–Trinajstić information content (AvgIpc) is 3.48. The summed E-state index contributed by atoms with van der Waals surface area (Å²) in [7, 11) is 3.27. The van der Waals surface area contributed by atoms with Crippen LogP contribution in [0.4, 0.5) is 0 Å². The summed E-state index contributed by atoms with van der Waals surface area (Å²) in [4.78, 5) is 14.7. The number of hydrogen-bond acceptors (Lipinski definition) is 5. The highest BCUT2D eigenvalue weighted by Crippen LogP contribution is 2.30. The van der Waals surface area contributed by atoms with Gasteiger partial charge in [0.2, 0.25) is 0 Å². The van der Waals surface area contributed by atoms with E-state index in [1.165, 1.54) is 5.56 Å². The third kappa shape index (κ3) is 3.99. The SMILES string of the molecule is COc1ccc(CC2CCN(C(=O)c3cc(-c4ccc(C)o4)[nH]n3)C2)cc1OC. The fraction of sp³-hybridized carbons (Fsp3) is 0.364. The molecule has 3 heterocycles. The Morgan fingerprint density at radius 2 is 2.03 bits per heavy atom. The molecule has 2 aromatic heterocycles. The summed E-state index contributed by atoms with van der Waals surface area (Å²) in [5.41, 5.74) is 2.31. The molecule has 1 saturated heterocycles. The lowest BCUT2D eigenvalue weighted by Crippen LogP contribution is -2.29. The number of H-pyrrole nitrogens is 1. The molecule has 1 aromatic carbocycles. The molecule has 1 amide bonds. The monoisotopic (exact) mass is 395 g/mol. The normalized spacial score (nSPS) is 16.2. The lowest BCUT2D eigenvalue weighted by molar-refractivity contribution is 0.0781. The molecule has 1 unspecified atom stereocenters. The lowest BCUT2D eigenvalue weighted by atomic mass is 9.98. The van der Waals surface area contributed by atoms with Crippen LogP contribution in [-0.4, -0.2) is 48.3 Å². The van der Waals surface area contributed by atoms with E-state index in [0.29, 0.717) is 23.1 Å². The Morgan fingerprint density at radius 1 is 1.21 bits per heavy atom. The van der Waals surface area contributed by atoms with Crippen molar-refractivity contribution in [3.63, 3.8) is 0 Å². The standard InChI is InChI=1S/C22H25N3O4/c1-14-4-6-19(29-14)17-12-18(24-23-17)22(26)25-9-8-16(13-25)10-15-5-7-20(27-2)21(11-15)28-3/h4-7,11-12,16H,8-10,13H2,1-3H3,(H,23,24). The molecule has 0 spiro atoms. The molecule has 0 radical (unpaired) electrons. The number of hydrogen-bond donors (Lipinski definition) is 1. The Kier molecular flexibility index (Phi) is 5.29. The molecule has 1 atom stereocenters. The molecular formula is C22H25N3O4. The van der Waals surface area contributed by atoms with Gasteiger partial charge >= 0.3 is 0 Å². The minimum absolute atomic E-state index is 0.0504. The lowest BCUT2D eigenvalue weighted by Gasteiger charge is -2.16. The smallest absolute Gasteiger partial charge is 0.274 e. The fourth-order valence-electron chi connectivity index (χ4n) is 3.82. The molecule has 1 aliphatic heterocycles. The summed E-state index contributed by atoms with van der Waals surface area (Å²) in [6, 6.07) is 11.5. The van der Waals surface area contributed by atoms with Crippen molar-refractivity contribution in [2.75, 3.05) is 27.3 Å². The van der Waals surface area contributed by atoms with E-state index in [1.54, 1.807) is 20.3 Å². The van der Waals surface area contributed by atoms with Crippen molar-refractivity contribution in [1.82, 2.24) is 15.1 Å². The summed E-state index contributed by atoms with van der Waals surface area (Å²) in [5.74, 6) is 3.31. The Labute approximate surface area is 169 Å². The van der Waals surface area contributed by atoms with Gasteiger partial charge in [-0.3, -0.25) is 9.89 Å². The number of ether oxygens (including phenoxy) is 2. The first kappa shape index (κ1) is 19.1. The zero-order valence-corrected chi connectivity index (χ0v) is 16.9. The number of methoxy groups -OCH3 is 2. The van der Waals surface area contributed by atoms with Crippen LogP contribution in [0.15, 0.2) is 40.8 Å². The summed E-state index contributed by atoms with van der Waals surface area (Å²) < 4.78 is 16.3. The first-order valence-corrected chi connectivity index (χ1v) is 9.69. The fourth-order valence-corrected chi connectivity index (χ4v) is 3.82. The van der Waals surface area contributed by atoms with Gasteiger partial charge in [0.25, 0.3) is 5.91 Å². The Morgan fingerprint density at radius 3 is 2.76 bits per heavy atom. The number of aromatic amines is 1. The first-order valence-electron chi connectivity index (χ1n) is 9.69. The van der Waals surface area contributed by atoms with Crippen LogP contribution in [0.1, 0.15) is 28.2 Å². The van der Waals surface area contributed by atoms with Crippen molar-refractivity contribution in [3.8, 4) is 23.0 Å². The molecule has 1 fully saturated rings. The van der Waals surface area contributed by atoms with Crippen LogP contribution in [0.3, 0.4) is 0 Å². The largest absolute Gasteiger partial charge is 0.493 e. The van der Waals surface area contributed by atoms with Crippen molar-refractivity contribution in [3.05, 3.63) is 53.4 Å². The summed E-state index contributed by atoms with van der Waals surface area (Å²) in [6.45, 7) is 3.34. The van der Waals surface area contributed by atoms with E-state index in [-0.39, 0.29) is 5.91 Å². The van der Waals surface area contributed by atoms with Crippen LogP contribution >= 0.6 is 0 Å². The first-order chi connectivity index (χ1) is 14.1. The van der Waals surface area contributed by atoms with E-state index in [9.17, 15) is 4.79 Å². The molecule has 7 heteroatoms. The summed E-state index contributed by atoms with van der Waals surface area (Å²) >= 11 is 0. The molecule has 3 aromatic rings. The van der Waals surface area contributed by atoms with Gasteiger partial charge in [-0.25, -0.2) is 0 Å². The minimum atomic E-state index is -0.0504. The third-order valence-electron chi connectivity index (χ3n) is 5.35. The van der Waals surface area contributed by atoms with Gasteiger partial charge in [0.1, 0.15) is 11.5 Å². The van der Waals surface area contributed by atoms with Crippen LogP contribution in [0.2, 0.25) is 0 Å². The van der Waals surface area contributed by atoms with Crippen LogP contribution in [0, 0.1) is 12.8 Å². The predicted molar refractivity (Wildman–Crippen MR) is 108 cm³/mol. The van der Waals surface area contributed by atoms with E-state index in [4.69, 9.17) is 13.9 Å². The predicted octanol–water partition coefficient (Wildman–Crippen LogP) is 3.70. The number of carbonyl (C=O) groups is 1. The highest BCUT2D eigenvalue weighted by Gasteiger charge is 2.28. The molecular weight excluding hydrogens is 370 g/mol. The van der Waals surface area contributed by atoms with Crippen LogP contribution in [-0.2, 0) is 6.42 Å². The van der Waals surface area contributed by atoms with Gasteiger partial charge in [0, 0.05) is 19.2 Å². The second-order valence-electron chi connectivity index (χ2n) is 7.38. The highest BCUT2D eigenvalue weighted by atomic mass is 16.5. The number of nitrogens with one attached hydrogen (secondary N) is 1. The van der Waals surface area contributed by atoms with Gasteiger partial charge in [-0.05, 0) is 55.5 Å². The second-order valence-corrected chi connectivity index (χ2v) is 7.38. The zero-order chi connectivity index (χ0) is 20.4. The number of rotatable bonds is 6. The average molecular weight is 395 g/mol. The number of benzene rings is 1. The van der Waals surface area contributed by atoms with E-state index in [1.807, 2.05) is 36.1 Å². The molecule has 0 aliphatic carbocycles. The second kappa shape index (κ2) is 8.03. The number of aryl methyl sites for hydroxylation is 1. The molecule has 0 saturated carbocycles.